The minimum atomic E-state index is -0.136. The van der Waals surface area contributed by atoms with Gasteiger partial charge in [-0.25, -0.2) is 5.48 Å². The van der Waals surface area contributed by atoms with E-state index in [1.54, 1.807) is 13.0 Å². The van der Waals surface area contributed by atoms with Crippen LogP contribution in [0.3, 0.4) is 0 Å². The van der Waals surface area contributed by atoms with E-state index in [0.717, 1.165) is 0 Å². The van der Waals surface area contributed by atoms with E-state index in [0.29, 0.717) is 13.0 Å². The van der Waals surface area contributed by atoms with Crippen LogP contribution in [0.25, 0.3) is 0 Å². The normalized spacial score (nSPS) is 10.2. The highest BCUT2D eigenvalue weighted by Crippen LogP contribution is 1.79. The lowest BCUT2D eigenvalue weighted by molar-refractivity contribution is -0.132. The molecule has 58 valence electrons. The number of hydrogen-bond donors (Lipinski definition) is 1. The van der Waals surface area contributed by atoms with Gasteiger partial charge in [0, 0.05) is 12.0 Å². The fourth-order valence-electron chi connectivity index (χ4n) is 0.279. The quantitative estimate of drug-likeness (QED) is 0.500. The summed E-state index contributed by atoms with van der Waals surface area (Å²) in [5.41, 5.74) is 3.55. The molecule has 0 saturated heterocycles. The largest absolute Gasteiger partial charge is 0.273 e. The number of hydroxylamine groups is 1. The summed E-state index contributed by atoms with van der Waals surface area (Å²) < 4.78 is 0. The van der Waals surface area contributed by atoms with Crippen LogP contribution >= 0.6 is 11.6 Å². The Morgan fingerprint density at radius 1 is 1.80 bits per heavy atom. The van der Waals surface area contributed by atoms with Gasteiger partial charge in [-0.3, -0.25) is 9.63 Å². The van der Waals surface area contributed by atoms with Crippen molar-refractivity contribution in [2.45, 2.75) is 13.3 Å². The average Bonchev–Trinajstić information content (AvgIpc) is 1.98. The highest BCUT2D eigenvalue weighted by Gasteiger charge is 1.92. The maximum Gasteiger partial charge on any atom is 0.243 e. The SMILES string of the molecule is CCC(=O)NOC/C=C/Cl. The summed E-state index contributed by atoms with van der Waals surface area (Å²) in [6, 6.07) is 0. The van der Waals surface area contributed by atoms with Gasteiger partial charge in [0.15, 0.2) is 0 Å². The summed E-state index contributed by atoms with van der Waals surface area (Å²) >= 11 is 5.18. The van der Waals surface area contributed by atoms with Gasteiger partial charge in [-0.2, -0.15) is 0 Å². The number of halogens is 1. The summed E-state index contributed by atoms with van der Waals surface area (Å²) in [5, 5.41) is 0. The zero-order valence-corrected chi connectivity index (χ0v) is 6.52. The zero-order chi connectivity index (χ0) is 7.82. The highest BCUT2D eigenvalue weighted by molar-refractivity contribution is 6.25. The molecule has 0 fully saturated rings. The minimum absolute atomic E-state index is 0.136. The van der Waals surface area contributed by atoms with Crippen molar-refractivity contribution >= 4 is 17.5 Å². The first kappa shape index (κ1) is 9.46. The van der Waals surface area contributed by atoms with Crippen LogP contribution < -0.4 is 5.48 Å². The molecule has 0 radical (unpaired) electrons. The van der Waals surface area contributed by atoms with E-state index in [2.05, 4.69) is 10.3 Å². The Labute approximate surface area is 65.0 Å². The number of rotatable bonds is 4. The molecule has 0 aliphatic carbocycles. The van der Waals surface area contributed by atoms with Crippen LogP contribution in [-0.4, -0.2) is 12.5 Å². The van der Waals surface area contributed by atoms with Crippen molar-refractivity contribution in [3.63, 3.8) is 0 Å². The maximum absolute atomic E-state index is 10.5. The Balaban J connectivity index is 3.11. The number of carbonyl (C=O) groups excluding carboxylic acids is 1. The summed E-state index contributed by atoms with van der Waals surface area (Å²) in [6.07, 6.45) is 2.00. The van der Waals surface area contributed by atoms with Crippen molar-refractivity contribution in [1.29, 1.82) is 0 Å². The van der Waals surface area contributed by atoms with Crippen LogP contribution in [0.15, 0.2) is 11.6 Å². The van der Waals surface area contributed by atoms with Gasteiger partial charge >= 0.3 is 0 Å². The van der Waals surface area contributed by atoms with E-state index >= 15 is 0 Å². The lowest BCUT2D eigenvalue weighted by Crippen LogP contribution is -2.22. The second-order valence-corrected chi connectivity index (χ2v) is 1.80. The number of carbonyl (C=O) groups is 1. The lowest BCUT2D eigenvalue weighted by atomic mass is 10.5. The summed E-state index contributed by atoms with van der Waals surface area (Å²) in [7, 11) is 0. The van der Waals surface area contributed by atoms with Crippen molar-refractivity contribution in [1.82, 2.24) is 5.48 Å². The summed E-state index contributed by atoms with van der Waals surface area (Å²) in [4.78, 5) is 15.1. The molecule has 1 N–H and O–H groups in total. The molecule has 0 aromatic rings. The molecule has 0 aromatic carbocycles. The third-order valence-corrected chi connectivity index (χ3v) is 0.954. The molecule has 0 aromatic heterocycles. The first-order valence-electron chi connectivity index (χ1n) is 2.97. The van der Waals surface area contributed by atoms with Crippen molar-refractivity contribution < 1.29 is 9.63 Å². The second-order valence-electron chi connectivity index (χ2n) is 1.55. The molecule has 0 aliphatic heterocycles. The first-order valence-corrected chi connectivity index (χ1v) is 3.40. The minimum Gasteiger partial charge on any atom is -0.273 e. The molecular weight excluding hydrogens is 154 g/mol. The summed E-state index contributed by atoms with van der Waals surface area (Å²) in [5.74, 6) is -0.136. The van der Waals surface area contributed by atoms with Crippen LogP contribution in [0.5, 0.6) is 0 Å². The molecule has 1 amide bonds. The molecule has 10 heavy (non-hydrogen) atoms. The highest BCUT2D eigenvalue weighted by atomic mass is 35.5. The van der Waals surface area contributed by atoms with Crippen LogP contribution in [0.2, 0.25) is 0 Å². The molecule has 0 rings (SSSR count). The van der Waals surface area contributed by atoms with Gasteiger partial charge in [-0.1, -0.05) is 18.5 Å². The molecule has 3 nitrogen and oxygen atoms in total. The fraction of sp³-hybridized carbons (Fsp3) is 0.500. The third kappa shape index (κ3) is 5.59. The van der Waals surface area contributed by atoms with Gasteiger partial charge < -0.3 is 0 Å². The van der Waals surface area contributed by atoms with Gasteiger partial charge in [0.25, 0.3) is 0 Å². The smallest absolute Gasteiger partial charge is 0.243 e. The monoisotopic (exact) mass is 163 g/mol. The third-order valence-electron chi connectivity index (χ3n) is 0.776. The van der Waals surface area contributed by atoms with Crippen LogP contribution in [0.1, 0.15) is 13.3 Å². The van der Waals surface area contributed by atoms with E-state index in [-0.39, 0.29) is 5.91 Å². The van der Waals surface area contributed by atoms with Gasteiger partial charge in [0.1, 0.15) is 0 Å². The van der Waals surface area contributed by atoms with Crippen molar-refractivity contribution in [3.8, 4) is 0 Å². The van der Waals surface area contributed by atoms with Crippen molar-refractivity contribution in [3.05, 3.63) is 11.6 Å². The average molecular weight is 164 g/mol. The fourth-order valence-corrected chi connectivity index (χ4v) is 0.352. The number of amides is 1. The van der Waals surface area contributed by atoms with Crippen LogP contribution in [-0.2, 0) is 9.63 Å². The lowest BCUT2D eigenvalue weighted by Gasteiger charge is -1.99. The van der Waals surface area contributed by atoms with Crippen molar-refractivity contribution in [2.24, 2.45) is 0 Å². The van der Waals surface area contributed by atoms with Gasteiger partial charge in [0.2, 0.25) is 5.91 Å². The second kappa shape index (κ2) is 6.58. The van der Waals surface area contributed by atoms with Crippen LogP contribution in [0.4, 0.5) is 0 Å². The van der Waals surface area contributed by atoms with E-state index in [1.807, 2.05) is 0 Å². The molecule has 0 heterocycles. The summed E-state index contributed by atoms with van der Waals surface area (Å²) in [6.45, 7) is 2.05. The molecule has 4 heteroatoms. The molecule has 0 atom stereocenters. The van der Waals surface area contributed by atoms with E-state index in [1.165, 1.54) is 5.54 Å². The Kier molecular flexibility index (Phi) is 6.22. The molecule has 0 saturated carbocycles. The van der Waals surface area contributed by atoms with Gasteiger partial charge in [0.05, 0.1) is 6.61 Å². The van der Waals surface area contributed by atoms with Crippen molar-refractivity contribution in [2.75, 3.05) is 6.61 Å². The maximum atomic E-state index is 10.5. The van der Waals surface area contributed by atoms with Gasteiger partial charge in [-0.05, 0) is 6.08 Å². The Morgan fingerprint density at radius 2 is 2.50 bits per heavy atom. The molecular formula is C6H10ClNO2. The Bertz CT molecular complexity index is 125. The Hall–Kier alpha value is -0.540. The van der Waals surface area contributed by atoms with E-state index in [9.17, 15) is 4.79 Å². The predicted octanol–water partition coefficient (Wildman–Crippen LogP) is 1.20. The van der Waals surface area contributed by atoms with E-state index < -0.39 is 0 Å². The molecule has 0 aliphatic rings. The van der Waals surface area contributed by atoms with Gasteiger partial charge in [-0.15, -0.1) is 0 Å². The topological polar surface area (TPSA) is 38.3 Å². The molecule has 0 spiro atoms. The first-order chi connectivity index (χ1) is 4.81. The van der Waals surface area contributed by atoms with Crippen LogP contribution in [0, 0.1) is 0 Å². The predicted molar refractivity (Wildman–Crippen MR) is 39.4 cm³/mol. The Morgan fingerprint density at radius 3 is 3.00 bits per heavy atom. The number of hydrogen-bond acceptors (Lipinski definition) is 2. The van der Waals surface area contributed by atoms with E-state index in [4.69, 9.17) is 11.6 Å². The standard InChI is InChI=1S/C6H10ClNO2/c1-2-6(9)8-10-5-3-4-7/h3-4H,2,5H2,1H3,(H,8,9)/b4-3+. The molecule has 0 bridgehead atoms. The molecule has 0 unspecified atom stereocenters. The zero-order valence-electron chi connectivity index (χ0n) is 5.76. The number of nitrogens with one attached hydrogen (secondary N) is 1.